The van der Waals surface area contributed by atoms with E-state index in [0.29, 0.717) is 30.3 Å². The van der Waals surface area contributed by atoms with Crippen molar-refractivity contribution < 1.29 is 14.3 Å². The van der Waals surface area contributed by atoms with E-state index in [1.54, 1.807) is 18.2 Å². The zero-order chi connectivity index (χ0) is 14.3. The van der Waals surface area contributed by atoms with Crippen molar-refractivity contribution >= 4 is 5.91 Å². The minimum atomic E-state index is -0.0849. The third-order valence-corrected chi connectivity index (χ3v) is 2.80. The van der Waals surface area contributed by atoms with Crippen molar-refractivity contribution in [2.45, 2.75) is 40.2 Å². The van der Waals surface area contributed by atoms with Crippen LogP contribution in [0, 0.1) is 0 Å². The number of rotatable bonds is 7. The molecular weight excluding hydrogens is 242 g/mol. The van der Waals surface area contributed by atoms with E-state index >= 15 is 0 Å². The first-order valence-corrected chi connectivity index (χ1v) is 6.82. The normalized spacial score (nSPS) is 11.8. The monoisotopic (exact) mass is 265 g/mol. The number of nitrogens with one attached hydrogen (secondary N) is 1. The van der Waals surface area contributed by atoms with Gasteiger partial charge in [0, 0.05) is 11.6 Å². The number of ether oxygens (including phenoxy) is 2. The van der Waals surface area contributed by atoms with Crippen molar-refractivity contribution in [3.05, 3.63) is 23.8 Å². The molecule has 0 fully saturated rings. The molecule has 1 aromatic carbocycles. The van der Waals surface area contributed by atoms with Crippen LogP contribution in [0.3, 0.4) is 0 Å². The molecular formula is C15H23NO3. The number of hydrogen-bond donors (Lipinski definition) is 1. The number of amides is 1. The van der Waals surface area contributed by atoms with Crippen LogP contribution in [0.4, 0.5) is 0 Å². The highest BCUT2D eigenvalue weighted by molar-refractivity contribution is 5.95. The summed E-state index contributed by atoms with van der Waals surface area (Å²) in [7, 11) is 0. The molecule has 0 aliphatic rings. The van der Waals surface area contributed by atoms with Crippen molar-refractivity contribution in [2.75, 3.05) is 13.2 Å². The number of carbonyl (C=O) groups is 1. The summed E-state index contributed by atoms with van der Waals surface area (Å²) in [6, 6.07) is 5.42. The molecule has 0 spiro atoms. The van der Waals surface area contributed by atoms with Gasteiger partial charge < -0.3 is 14.8 Å². The van der Waals surface area contributed by atoms with Gasteiger partial charge in [-0.3, -0.25) is 4.79 Å². The molecule has 0 bridgehead atoms. The van der Waals surface area contributed by atoms with Gasteiger partial charge in [0.2, 0.25) is 0 Å². The molecule has 0 aliphatic carbocycles. The lowest BCUT2D eigenvalue weighted by Gasteiger charge is -2.14. The summed E-state index contributed by atoms with van der Waals surface area (Å²) < 4.78 is 11.0. The van der Waals surface area contributed by atoms with Crippen LogP contribution in [0.1, 0.15) is 44.5 Å². The maximum atomic E-state index is 12.0. The molecule has 19 heavy (non-hydrogen) atoms. The van der Waals surface area contributed by atoms with Crippen LogP contribution < -0.4 is 14.8 Å². The molecule has 1 rings (SSSR count). The summed E-state index contributed by atoms with van der Waals surface area (Å²) in [6.07, 6.45) is 0.904. The van der Waals surface area contributed by atoms with Gasteiger partial charge in [0.15, 0.2) is 11.5 Å². The molecule has 0 unspecified atom stereocenters. The standard InChI is InChI=1S/C15H23NO3/c1-5-11(4)16-15(17)12-8-9-13(18-6-2)14(10-12)19-7-3/h8-11H,5-7H2,1-4H3,(H,16,17)/t11-/m1/s1. The molecule has 0 aromatic heterocycles. The Labute approximate surface area is 115 Å². The highest BCUT2D eigenvalue weighted by atomic mass is 16.5. The fourth-order valence-electron chi connectivity index (χ4n) is 1.60. The maximum Gasteiger partial charge on any atom is 0.251 e. The van der Waals surface area contributed by atoms with Gasteiger partial charge in [-0.1, -0.05) is 6.92 Å². The third-order valence-electron chi connectivity index (χ3n) is 2.80. The molecule has 0 saturated carbocycles. The molecule has 0 saturated heterocycles. The van der Waals surface area contributed by atoms with Gasteiger partial charge >= 0.3 is 0 Å². The van der Waals surface area contributed by atoms with Crippen LogP contribution in [0.5, 0.6) is 11.5 Å². The zero-order valence-electron chi connectivity index (χ0n) is 12.2. The molecule has 1 aromatic rings. The summed E-state index contributed by atoms with van der Waals surface area (Å²) in [5.74, 6) is 1.20. The van der Waals surface area contributed by atoms with Crippen LogP contribution in [-0.4, -0.2) is 25.2 Å². The molecule has 0 aliphatic heterocycles. The van der Waals surface area contributed by atoms with Crippen molar-refractivity contribution in [2.24, 2.45) is 0 Å². The number of hydrogen-bond acceptors (Lipinski definition) is 3. The van der Waals surface area contributed by atoms with E-state index < -0.39 is 0 Å². The summed E-state index contributed by atoms with van der Waals surface area (Å²) in [5, 5.41) is 2.93. The third kappa shape index (κ3) is 4.47. The zero-order valence-corrected chi connectivity index (χ0v) is 12.2. The van der Waals surface area contributed by atoms with Crippen LogP contribution in [0.2, 0.25) is 0 Å². The average Bonchev–Trinajstić information content (AvgIpc) is 2.41. The molecule has 106 valence electrons. The predicted molar refractivity (Wildman–Crippen MR) is 76.0 cm³/mol. The topological polar surface area (TPSA) is 47.6 Å². The molecule has 4 heteroatoms. The van der Waals surface area contributed by atoms with Crippen molar-refractivity contribution in [1.29, 1.82) is 0 Å². The van der Waals surface area contributed by atoms with Crippen molar-refractivity contribution in [3.63, 3.8) is 0 Å². The number of carbonyl (C=O) groups excluding carboxylic acids is 1. The summed E-state index contributed by atoms with van der Waals surface area (Å²) in [5.41, 5.74) is 0.590. The number of benzene rings is 1. The Morgan fingerprint density at radius 3 is 2.37 bits per heavy atom. The first-order chi connectivity index (χ1) is 9.12. The van der Waals surface area contributed by atoms with E-state index in [2.05, 4.69) is 5.32 Å². The Morgan fingerprint density at radius 1 is 1.16 bits per heavy atom. The quantitative estimate of drug-likeness (QED) is 0.824. The molecule has 0 heterocycles. The Kier molecular flexibility index (Phi) is 6.19. The first kappa shape index (κ1) is 15.3. The van der Waals surface area contributed by atoms with Gasteiger partial charge in [-0.2, -0.15) is 0 Å². The summed E-state index contributed by atoms with van der Waals surface area (Å²) in [4.78, 5) is 12.0. The minimum Gasteiger partial charge on any atom is -0.490 e. The second-order valence-electron chi connectivity index (χ2n) is 4.31. The second kappa shape index (κ2) is 7.67. The van der Waals surface area contributed by atoms with E-state index in [0.717, 1.165) is 6.42 Å². The van der Waals surface area contributed by atoms with Gasteiger partial charge in [0.25, 0.3) is 5.91 Å². The molecule has 0 radical (unpaired) electrons. The summed E-state index contributed by atoms with van der Waals surface area (Å²) in [6.45, 7) is 8.95. The Morgan fingerprint density at radius 2 is 1.79 bits per heavy atom. The van der Waals surface area contributed by atoms with Gasteiger partial charge in [-0.15, -0.1) is 0 Å². The van der Waals surface area contributed by atoms with Crippen LogP contribution >= 0.6 is 0 Å². The molecule has 1 atom stereocenters. The molecule has 1 N–H and O–H groups in total. The van der Waals surface area contributed by atoms with E-state index in [9.17, 15) is 4.79 Å². The van der Waals surface area contributed by atoms with Crippen molar-refractivity contribution in [1.82, 2.24) is 5.32 Å². The minimum absolute atomic E-state index is 0.0849. The maximum absolute atomic E-state index is 12.0. The fourth-order valence-corrected chi connectivity index (χ4v) is 1.60. The van der Waals surface area contributed by atoms with E-state index in [1.807, 2.05) is 27.7 Å². The Hall–Kier alpha value is -1.71. The molecule has 4 nitrogen and oxygen atoms in total. The highest BCUT2D eigenvalue weighted by Gasteiger charge is 2.12. The van der Waals surface area contributed by atoms with Gasteiger partial charge in [-0.25, -0.2) is 0 Å². The fraction of sp³-hybridized carbons (Fsp3) is 0.533. The van der Waals surface area contributed by atoms with E-state index in [1.165, 1.54) is 0 Å². The van der Waals surface area contributed by atoms with Crippen LogP contribution in [-0.2, 0) is 0 Å². The Bertz CT molecular complexity index is 418. The van der Waals surface area contributed by atoms with Gasteiger partial charge in [-0.05, 0) is 45.4 Å². The lowest BCUT2D eigenvalue weighted by atomic mass is 10.1. The molecule has 1 amide bonds. The van der Waals surface area contributed by atoms with Crippen LogP contribution in [0.25, 0.3) is 0 Å². The Balaban J connectivity index is 2.90. The van der Waals surface area contributed by atoms with E-state index in [4.69, 9.17) is 9.47 Å². The van der Waals surface area contributed by atoms with Gasteiger partial charge in [0.05, 0.1) is 13.2 Å². The van der Waals surface area contributed by atoms with Crippen molar-refractivity contribution in [3.8, 4) is 11.5 Å². The second-order valence-corrected chi connectivity index (χ2v) is 4.31. The average molecular weight is 265 g/mol. The van der Waals surface area contributed by atoms with E-state index in [-0.39, 0.29) is 11.9 Å². The summed E-state index contributed by atoms with van der Waals surface area (Å²) >= 11 is 0. The SMILES string of the molecule is CCOc1ccc(C(=O)N[C@H](C)CC)cc1OCC. The largest absolute Gasteiger partial charge is 0.490 e. The lowest BCUT2D eigenvalue weighted by Crippen LogP contribution is -2.31. The first-order valence-electron chi connectivity index (χ1n) is 6.82. The predicted octanol–water partition coefficient (Wildman–Crippen LogP) is 3.01. The smallest absolute Gasteiger partial charge is 0.251 e. The highest BCUT2D eigenvalue weighted by Crippen LogP contribution is 2.28. The van der Waals surface area contributed by atoms with Crippen LogP contribution in [0.15, 0.2) is 18.2 Å². The lowest BCUT2D eigenvalue weighted by molar-refractivity contribution is 0.0938. The van der Waals surface area contributed by atoms with Gasteiger partial charge in [0.1, 0.15) is 0 Å².